The van der Waals surface area contributed by atoms with Crippen LogP contribution < -0.4 is 0 Å². The molecule has 0 aromatic carbocycles. The molecule has 25 atom stereocenters. The molecule has 3 saturated carbocycles. The van der Waals surface area contributed by atoms with Crippen LogP contribution in [0.1, 0.15) is 92.4 Å². The van der Waals surface area contributed by atoms with Crippen molar-refractivity contribution >= 4 is 0 Å². The molecule has 1 spiro atoms. The largest absolute Gasteiger partial charge is 0.394 e. The van der Waals surface area contributed by atoms with Gasteiger partial charge >= 0.3 is 0 Å². The van der Waals surface area contributed by atoms with E-state index in [1.807, 2.05) is 0 Å². The van der Waals surface area contributed by atoms with Crippen molar-refractivity contribution in [3.8, 4) is 0 Å². The van der Waals surface area contributed by atoms with Crippen molar-refractivity contribution in [2.75, 3.05) is 19.8 Å². The molecule has 5 aliphatic heterocycles. The summed E-state index contributed by atoms with van der Waals surface area (Å²) in [4.78, 5) is 0. The fourth-order valence-corrected chi connectivity index (χ4v) is 13.7. The average molecular weight is 855 g/mol. The van der Waals surface area contributed by atoms with E-state index < -0.39 is 98.4 Å². The van der Waals surface area contributed by atoms with Crippen LogP contribution in [0.25, 0.3) is 0 Å². The van der Waals surface area contributed by atoms with Gasteiger partial charge in [-0.05, 0) is 98.7 Å². The van der Waals surface area contributed by atoms with Crippen LogP contribution in [-0.2, 0) is 37.9 Å². The average Bonchev–Trinajstić information content (AvgIpc) is 3.68. The Labute approximate surface area is 352 Å². The van der Waals surface area contributed by atoms with E-state index in [9.17, 15) is 40.9 Å². The van der Waals surface area contributed by atoms with Gasteiger partial charge in [0.05, 0.1) is 38.1 Å². The Kier molecular flexibility index (Phi) is 12.2. The molecule has 8 N–H and O–H groups in total. The lowest BCUT2D eigenvalue weighted by molar-refractivity contribution is -0.385. The molecule has 8 fully saturated rings. The number of hydrogen-bond acceptors (Lipinski definition) is 16. The molecule has 16 heteroatoms. The van der Waals surface area contributed by atoms with Gasteiger partial charge in [0.2, 0.25) is 0 Å². The minimum Gasteiger partial charge on any atom is -0.394 e. The van der Waals surface area contributed by atoms with Gasteiger partial charge in [0.25, 0.3) is 0 Å². The smallest absolute Gasteiger partial charge is 0.187 e. The van der Waals surface area contributed by atoms with Crippen LogP contribution in [-0.4, -0.2) is 165 Å². The molecule has 0 amide bonds. The normalized spacial score (nSPS) is 57.9. The summed E-state index contributed by atoms with van der Waals surface area (Å²) < 4.78 is 49.8. The molecule has 5 saturated heterocycles. The Morgan fingerprint density at radius 3 is 2.22 bits per heavy atom. The van der Waals surface area contributed by atoms with E-state index in [0.29, 0.717) is 48.3 Å². The zero-order valence-corrected chi connectivity index (χ0v) is 35.6. The highest BCUT2D eigenvalue weighted by molar-refractivity contribution is 5.26. The molecular weight excluding hydrogens is 784 g/mol. The summed E-state index contributed by atoms with van der Waals surface area (Å²) in [6, 6.07) is 0. The quantitative estimate of drug-likeness (QED) is 0.166. The van der Waals surface area contributed by atoms with Gasteiger partial charge in [-0.1, -0.05) is 39.3 Å². The molecule has 9 aliphatic rings. The van der Waals surface area contributed by atoms with Gasteiger partial charge in [-0.2, -0.15) is 0 Å². The summed E-state index contributed by atoms with van der Waals surface area (Å²) in [7, 11) is 0. The monoisotopic (exact) mass is 854 g/mol. The van der Waals surface area contributed by atoms with Gasteiger partial charge in [-0.25, -0.2) is 0 Å². The number of hydrogen-bond donors (Lipinski definition) is 8. The van der Waals surface area contributed by atoms with Crippen LogP contribution in [0, 0.1) is 46.3 Å². The van der Waals surface area contributed by atoms with Gasteiger partial charge in [-0.15, -0.1) is 0 Å². The Bertz CT molecular complexity index is 1560. The molecular formula is C44H70O16. The van der Waals surface area contributed by atoms with Gasteiger partial charge in [0.15, 0.2) is 24.7 Å². The zero-order valence-electron chi connectivity index (χ0n) is 35.6. The van der Waals surface area contributed by atoms with E-state index in [2.05, 4.69) is 33.8 Å². The first-order valence-corrected chi connectivity index (χ1v) is 22.8. The molecule has 0 radical (unpaired) electrons. The van der Waals surface area contributed by atoms with Crippen LogP contribution in [0.3, 0.4) is 0 Å². The number of aliphatic hydroxyl groups is 8. The molecule has 4 aliphatic carbocycles. The van der Waals surface area contributed by atoms with Crippen molar-refractivity contribution < 1.29 is 78.7 Å². The highest BCUT2D eigenvalue weighted by atomic mass is 16.8. The Hall–Kier alpha value is -0.900. The van der Waals surface area contributed by atoms with Crippen LogP contribution >= 0.6 is 0 Å². The molecule has 0 bridgehead atoms. The van der Waals surface area contributed by atoms with E-state index in [4.69, 9.17) is 37.9 Å². The molecule has 9 rings (SSSR count). The topological polar surface area (TPSA) is 236 Å². The number of aliphatic hydroxyl groups excluding tert-OH is 8. The highest BCUT2D eigenvalue weighted by Crippen LogP contribution is 2.70. The third-order valence-corrected chi connectivity index (χ3v) is 17.3. The minimum atomic E-state index is -1.70. The highest BCUT2D eigenvalue weighted by Gasteiger charge is 2.69. The SMILES string of the molecule is C[C@H]1CC[C@@]2(OC1)O[C@H]1C[C@H]3[C@@H]4CC=C5C[C@@H](O[C@@H]6O[C@H](CO)[C@@H](O[C@@H]7OC[C@@H](O)[C@H](O)[C@H]7O)[C@H](O)[C@H]6O[C@@H]6O[C@@H](C)[C@H](O)[C@@H](O)[C@H]6O)CC[C@]5(C)[C@H]4CC[C@]3(C)[C@H]1[C@@H]2C. The second-order valence-corrected chi connectivity index (χ2v) is 20.6. The Morgan fingerprint density at radius 1 is 0.733 bits per heavy atom. The maximum absolute atomic E-state index is 11.9. The van der Waals surface area contributed by atoms with Crippen LogP contribution in [0.4, 0.5) is 0 Å². The Balaban J connectivity index is 0.913. The van der Waals surface area contributed by atoms with Crippen molar-refractivity contribution in [1.82, 2.24) is 0 Å². The van der Waals surface area contributed by atoms with Gasteiger partial charge in [0.1, 0.15) is 61.0 Å². The summed E-state index contributed by atoms with van der Waals surface area (Å²) in [6.07, 6.45) is -9.25. The van der Waals surface area contributed by atoms with E-state index in [1.165, 1.54) is 18.9 Å². The first-order chi connectivity index (χ1) is 28.5. The van der Waals surface area contributed by atoms with E-state index in [0.717, 1.165) is 45.1 Å². The Morgan fingerprint density at radius 2 is 1.48 bits per heavy atom. The van der Waals surface area contributed by atoms with Crippen molar-refractivity contribution in [2.45, 2.75) is 196 Å². The molecule has 342 valence electrons. The predicted molar refractivity (Wildman–Crippen MR) is 208 cm³/mol. The second-order valence-electron chi connectivity index (χ2n) is 20.6. The number of allylic oxidation sites excluding steroid dienone is 1. The lowest BCUT2D eigenvalue weighted by atomic mass is 9.47. The third kappa shape index (κ3) is 7.19. The second kappa shape index (κ2) is 16.5. The lowest BCUT2D eigenvalue weighted by Crippen LogP contribution is -2.66. The van der Waals surface area contributed by atoms with Crippen LogP contribution in [0.2, 0.25) is 0 Å². The van der Waals surface area contributed by atoms with Gasteiger partial charge in [-0.3, -0.25) is 0 Å². The third-order valence-electron chi connectivity index (χ3n) is 17.3. The maximum Gasteiger partial charge on any atom is 0.187 e. The lowest BCUT2D eigenvalue weighted by Gasteiger charge is -2.58. The number of rotatable bonds is 7. The standard InChI is InChI=1S/C44H70O16/c1-19-8-13-44(54-17-19)20(2)30-28(60-44)15-26-24-7-6-22-14-23(9-11-42(22,4)25(24)10-12-43(26,30)5)56-41-38(59-40-35(51)33(49)31(47)21(3)55-40)36(52)37(29(16-45)57-41)58-39-34(50)32(48)27(46)18-53-39/h6,19-21,23-41,45-52H,7-18H2,1-5H3/t19-,20-,21-,23-,24+,25-,26-,27+,28-,29+,30-,31-,32-,33+,34+,35+,36-,37+,38+,39-,40-,41+,42-,43-,44+/m0/s1. The van der Waals surface area contributed by atoms with Crippen molar-refractivity contribution in [3.63, 3.8) is 0 Å². The molecule has 0 aromatic heterocycles. The first kappa shape index (κ1) is 44.3. The maximum atomic E-state index is 11.9. The summed E-state index contributed by atoms with van der Waals surface area (Å²) >= 11 is 0. The number of ether oxygens (including phenoxy) is 8. The summed E-state index contributed by atoms with van der Waals surface area (Å²) in [5, 5.41) is 85.1. The van der Waals surface area contributed by atoms with E-state index in [-0.39, 0.29) is 29.6 Å². The fraction of sp³-hybridized carbons (Fsp3) is 0.955. The van der Waals surface area contributed by atoms with Gasteiger partial charge in [0, 0.05) is 12.3 Å². The summed E-state index contributed by atoms with van der Waals surface area (Å²) in [6.45, 7) is 10.9. The van der Waals surface area contributed by atoms with Gasteiger partial charge < -0.3 is 78.7 Å². The van der Waals surface area contributed by atoms with Crippen molar-refractivity contribution in [1.29, 1.82) is 0 Å². The molecule has 60 heavy (non-hydrogen) atoms. The fourth-order valence-electron chi connectivity index (χ4n) is 13.7. The number of fused-ring (bicyclic) bond motifs is 7. The van der Waals surface area contributed by atoms with Crippen LogP contribution in [0.15, 0.2) is 11.6 Å². The molecule has 0 aromatic rings. The molecule has 0 unspecified atom stereocenters. The first-order valence-electron chi connectivity index (χ1n) is 22.8. The van der Waals surface area contributed by atoms with Crippen molar-refractivity contribution in [2.24, 2.45) is 46.3 Å². The van der Waals surface area contributed by atoms with Crippen LogP contribution in [0.5, 0.6) is 0 Å². The summed E-state index contributed by atoms with van der Waals surface area (Å²) in [5.41, 5.74) is 1.54. The predicted octanol–water partition coefficient (Wildman–Crippen LogP) is 0.853. The zero-order chi connectivity index (χ0) is 42.6. The molecule has 5 heterocycles. The van der Waals surface area contributed by atoms with E-state index >= 15 is 0 Å². The molecule has 16 nitrogen and oxygen atoms in total. The summed E-state index contributed by atoms with van der Waals surface area (Å²) in [5.74, 6) is 2.65. The minimum absolute atomic E-state index is 0.0142. The van der Waals surface area contributed by atoms with E-state index in [1.54, 1.807) is 0 Å². The van der Waals surface area contributed by atoms with Crippen molar-refractivity contribution in [3.05, 3.63) is 11.6 Å².